The van der Waals surface area contributed by atoms with Crippen LogP contribution in [0, 0.1) is 0 Å². The topological polar surface area (TPSA) is 58.2 Å². The molecule has 10 heteroatoms. The van der Waals surface area contributed by atoms with Gasteiger partial charge in [-0.3, -0.25) is 9.59 Å². The lowest BCUT2D eigenvalue weighted by atomic mass is 10.1. The van der Waals surface area contributed by atoms with Gasteiger partial charge in [-0.2, -0.15) is 26.3 Å². The Morgan fingerprint density at radius 2 is 1.60 bits per heavy atom. The van der Waals surface area contributed by atoms with E-state index in [2.05, 4.69) is 10.6 Å². The van der Waals surface area contributed by atoms with Crippen LogP contribution in [0.1, 0.15) is 11.1 Å². The molecule has 0 saturated carbocycles. The minimum absolute atomic E-state index is 0.0101. The van der Waals surface area contributed by atoms with Crippen molar-refractivity contribution >= 4 is 17.4 Å². The number of nitrogens with one attached hydrogen (secondary N) is 2. The summed E-state index contributed by atoms with van der Waals surface area (Å²) in [5.41, 5.74) is -0.460. The van der Waals surface area contributed by atoms with Crippen LogP contribution in [-0.4, -0.2) is 23.9 Å². The molecular weight excluding hydrogens is 414 g/mol. The molecule has 0 aliphatic heterocycles. The molecule has 2 aromatic carbocycles. The van der Waals surface area contributed by atoms with E-state index in [0.717, 1.165) is 18.2 Å². The Hall–Kier alpha value is -3.30. The Morgan fingerprint density at radius 3 is 2.20 bits per heavy atom. The summed E-state index contributed by atoms with van der Waals surface area (Å²) in [6.45, 7) is 0. The molecule has 160 valence electrons. The van der Waals surface area contributed by atoms with Crippen molar-refractivity contribution in [2.24, 2.45) is 0 Å². The SMILES string of the molecule is O=C(Nc1cccc(C(F)(F)F)c1)C(Cc1ccccc1)NC=CC(=O)C(F)(F)F. The highest BCUT2D eigenvalue weighted by atomic mass is 19.4. The van der Waals surface area contributed by atoms with Gasteiger partial charge in [-0.25, -0.2) is 0 Å². The van der Waals surface area contributed by atoms with E-state index in [9.17, 15) is 35.9 Å². The number of carbonyl (C=O) groups excluding carboxylic acids is 2. The summed E-state index contributed by atoms with van der Waals surface area (Å²) in [7, 11) is 0. The summed E-state index contributed by atoms with van der Waals surface area (Å²) in [6.07, 6.45) is -8.74. The smallest absolute Gasteiger partial charge is 0.379 e. The van der Waals surface area contributed by atoms with Crippen LogP contribution in [0.25, 0.3) is 0 Å². The average molecular weight is 430 g/mol. The molecule has 1 amide bonds. The Bertz CT molecular complexity index is 908. The van der Waals surface area contributed by atoms with Crippen molar-refractivity contribution < 1.29 is 35.9 Å². The van der Waals surface area contributed by atoms with Gasteiger partial charge in [0.25, 0.3) is 5.78 Å². The van der Waals surface area contributed by atoms with Gasteiger partial charge in [0.1, 0.15) is 6.04 Å². The molecule has 2 N–H and O–H groups in total. The van der Waals surface area contributed by atoms with Gasteiger partial charge >= 0.3 is 12.4 Å². The Kier molecular flexibility index (Phi) is 7.25. The molecule has 0 bridgehead atoms. The van der Waals surface area contributed by atoms with E-state index in [1.165, 1.54) is 6.07 Å². The summed E-state index contributed by atoms with van der Waals surface area (Å²) >= 11 is 0. The quantitative estimate of drug-likeness (QED) is 0.503. The lowest BCUT2D eigenvalue weighted by molar-refractivity contribution is -0.165. The van der Waals surface area contributed by atoms with Gasteiger partial charge in [0.05, 0.1) is 5.56 Å². The van der Waals surface area contributed by atoms with Crippen molar-refractivity contribution in [3.8, 4) is 0 Å². The second kappa shape index (κ2) is 9.47. The standard InChI is InChI=1S/C20H16F6N2O2/c21-19(22,23)14-7-4-8-15(12-14)28-18(30)16(11-13-5-2-1-3-6-13)27-10-9-17(29)20(24,25)26/h1-10,12,16,27H,11H2,(H,28,30). The third kappa shape index (κ3) is 6.94. The van der Waals surface area contributed by atoms with Gasteiger partial charge in [0.2, 0.25) is 5.91 Å². The summed E-state index contributed by atoms with van der Waals surface area (Å²) < 4.78 is 75.4. The van der Waals surface area contributed by atoms with Crippen LogP contribution >= 0.6 is 0 Å². The van der Waals surface area contributed by atoms with E-state index in [-0.39, 0.29) is 18.2 Å². The second-order valence-corrected chi connectivity index (χ2v) is 6.17. The minimum atomic E-state index is -5.06. The molecule has 1 unspecified atom stereocenters. The van der Waals surface area contributed by atoms with Crippen molar-refractivity contribution in [1.82, 2.24) is 5.32 Å². The van der Waals surface area contributed by atoms with E-state index in [0.29, 0.717) is 11.8 Å². The first-order valence-corrected chi connectivity index (χ1v) is 8.52. The van der Waals surface area contributed by atoms with Crippen LogP contribution in [0.3, 0.4) is 0 Å². The zero-order chi connectivity index (χ0) is 22.4. The number of hydrogen-bond acceptors (Lipinski definition) is 3. The molecule has 0 heterocycles. The van der Waals surface area contributed by atoms with Gasteiger partial charge in [0.15, 0.2) is 0 Å². The predicted octanol–water partition coefficient (Wildman–Crippen LogP) is 4.49. The maximum absolute atomic E-state index is 12.8. The fraction of sp³-hybridized carbons (Fsp3) is 0.200. The molecular formula is C20H16F6N2O2. The van der Waals surface area contributed by atoms with Crippen LogP contribution in [0.2, 0.25) is 0 Å². The van der Waals surface area contributed by atoms with Crippen LogP contribution in [0.4, 0.5) is 32.0 Å². The number of amides is 1. The van der Waals surface area contributed by atoms with Gasteiger partial charge in [-0.15, -0.1) is 0 Å². The molecule has 0 aromatic heterocycles. The summed E-state index contributed by atoms with van der Waals surface area (Å²) in [6, 6.07) is 11.2. The fourth-order valence-corrected chi connectivity index (χ4v) is 2.41. The number of carbonyl (C=O) groups is 2. The normalized spacial score (nSPS) is 13.1. The zero-order valence-electron chi connectivity index (χ0n) is 15.2. The summed E-state index contributed by atoms with van der Waals surface area (Å²) in [4.78, 5) is 23.5. The van der Waals surface area contributed by atoms with E-state index in [1.54, 1.807) is 30.3 Å². The molecule has 1 atom stereocenters. The maximum Gasteiger partial charge on any atom is 0.454 e. The molecule has 30 heavy (non-hydrogen) atoms. The molecule has 4 nitrogen and oxygen atoms in total. The molecule has 2 rings (SSSR count). The van der Waals surface area contributed by atoms with Gasteiger partial charge < -0.3 is 10.6 Å². The zero-order valence-corrected chi connectivity index (χ0v) is 15.2. The maximum atomic E-state index is 12.8. The van der Waals surface area contributed by atoms with E-state index in [4.69, 9.17) is 0 Å². The van der Waals surface area contributed by atoms with Crippen molar-refractivity contribution in [2.75, 3.05) is 5.32 Å². The van der Waals surface area contributed by atoms with Crippen LogP contribution in [0.15, 0.2) is 66.9 Å². The lowest BCUT2D eigenvalue weighted by Gasteiger charge is -2.18. The minimum Gasteiger partial charge on any atom is -0.379 e. The van der Waals surface area contributed by atoms with E-state index in [1.807, 2.05) is 0 Å². The summed E-state index contributed by atoms with van der Waals surface area (Å²) in [5, 5.41) is 4.70. The largest absolute Gasteiger partial charge is 0.454 e. The molecule has 0 saturated heterocycles. The van der Waals surface area contributed by atoms with Gasteiger partial charge in [0, 0.05) is 24.4 Å². The Labute approximate surface area is 167 Å². The first-order chi connectivity index (χ1) is 14.0. The number of ketones is 1. The number of rotatable bonds is 7. The molecule has 0 radical (unpaired) electrons. The van der Waals surface area contributed by atoms with Crippen molar-refractivity contribution in [2.45, 2.75) is 24.8 Å². The highest BCUT2D eigenvalue weighted by molar-refractivity contribution is 5.96. The number of allylic oxidation sites excluding steroid dienone is 1. The highest BCUT2D eigenvalue weighted by Crippen LogP contribution is 2.30. The fourth-order valence-electron chi connectivity index (χ4n) is 2.41. The monoisotopic (exact) mass is 430 g/mol. The van der Waals surface area contributed by atoms with Gasteiger partial charge in [-0.1, -0.05) is 36.4 Å². The third-order valence-electron chi connectivity index (χ3n) is 3.87. The number of benzene rings is 2. The summed E-state index contributed by atoms with van der Waals surface area (Å²) in [5.74, 6) is -2.91. The third-order valence-corrected chi connectivity index (χ3v) is 3.87. The number of hydrogen-bond donors (Lipinski definition) is 2. The molecule has 0 spiro atoms. The second-order valence-electron chi connectivity index (χ2n) is 6.17. The lowest BCUT2D eigenvalue weighted by Crippen LogP contribution is -2.40. The van der Waals surface area contributed by atoms with E-state index < -0.39 is 35.6 Å². The highest BCUT2D eigenvalue weighted by Gasteiger charge is 2.36. The Morgan fingerprint density at radius 1 is 0.933 bits per heavy atom. The first kappa shape index (κ1) is 23.0. The molecule has 0 aliphatic carbocycles. The van der Waals surface area contributed by atoms with Crippen molar-refractivity contribution in [3.05, 3.63) is 78.0 Å². The van der Waals surface area contributed by atoms with E-state index >= 15 is 0 Å². The van der Waals surface area contributed by atoms with Crippen LogP contribution in [0.5, 0.6) is 0 Å². The number of halogens is 6. The van der Waals surface area contributed by atoms with Crippen LogP contribution < -0.4 is 10.6 Å². The van der Waals surface area contributed by atoms with Crippen molar-refractivity contribution in [1.29, 1.82) is 0 Å². The molecule has 2 aromatic rings. The molecule has 0 fully saturated rings. The predicted molar refractivity (Wildman–Crippen MR) is 97.3 cm³/mol. The first-order valence-electron chi connectivity index (χ1n) is 8.52. The number of alkyl halides is 6. The molecule has 0 aliphatic rings. The number of anilines is 1. The van der Waals surface area contributed by atoms with Crippen molar-refractivity contribution in [3.63, 3.8) is 0 Å². The van der Waals surface area contributed by atoms with Crippen LogP contribution in [-0.2, 0) is 22.2 Å². The average Bonchev–Trinajstić information content (AvgIpc) is 2.66. The Balaban J connectivity index is 2.17. The van der Waals surface area contributed by atoms with Gasteiger partial charge in [-0.05, 0) is 23.8 Å².